The second kappa shape index (κ2) is 2.70. The van der Waals surface area contributed by atoms with Crippen molar-refractivity contribution < 1.29 is 0 Å². The van der Waals surface area contributed by atoms with Gasteiger partial charge in [-0.25, -0.2) is 9.50 Å². The molecule has 0 fully saturated rings. The molecule has 0 aromatic carbocycles. The standard InChI is InChI=1S/C8H8BrN3O/c1-4-3-6-10-5(2)7(9)8(13)12(6)11-4/h3,11H,1-2H3. The van der Waals surface area contributed by atoms with E-state index in [1.54, 1.807) is 6.92 Å². The number of aromatic nitrogens is 3. The average molecular weight is 242 g/mol. The van der Waals surface area contributed by atoms with Crippen LogP contribution in [-0.2, 0) is 0 Å². The molecule has 0 saturated carbocycles. The van der Waals surface area contributed by atoms with Crippen LogP contribution in [0.1, 0.15) is 11.4 Å². The zero-order valence-corrected chi connectivity index (χ0v) is 8.84. The Balaban J connectivity index is 3.01. The zero-order chi connectivity index (χ0) is 9.59. The number of halogens is 1. The van der Waals surface area contributed by atoms with E-state index >= 15 is 0 Å². The van der Waals surface area contributed by atoms with Gasteiger partial charge in [-0.3, -0.25) is 9.89 Å². The number of H-pyrrole nitrogens is 1. The summed E-state index contributed by atoms with van der Waals surface area (Å²) in [5, 5.41) is 2.91. The summed E-state index contributed by atoms with van der Waals surface area (Å²) in [6.07, 6.45) is 0. The number of rotatable bonds is 0. The van der Waals surface area contributed by atoms with Crippen LogP contribution < -0.4 is 5.56 Å². The molecule has 4 nitrogen and oxygen atoms in total. The Kier molecular flexibility index (Phi) is 1.76. The lowest BCUT2D eigenvalue weighted by Crippen LogP contribution is -2.17. The van der Waals surface area contributed by atoms with E-state index in [1.165, 1.54) is 4.52 Å². The quantitative estimate of drug-likeness (QED) is 0.759. The average Bonchev–Trinajstić information content (AvgIpc) is 2.42. The SMILES string of the molecule is Cc1cc2nc(C)c(Br)c(=O)n2[nH]1. The maximum atomic E-state index is 11.6. The summed E-state index contributed by atoms with van der Waals surface area (Å²) in [5.74, 6) is 0. The first-order chi connectivity index (χ1) is 6.09. The van der Waals surface area contributed by atoms with Crippen molar-refractivity contribution in [3.05, 3.63) is 32.3 Å². The molecule has 0 radical (unpaired) electrons. The van der Waals surface area contributed by atoms with E-state index < -0.39 is 0 Å². The molecule has 0 spiro atoms. The van der Waals surface area contributed by atoms with Crippen LogP contribution in [0.4, 0.5) is 0 Å². The Morgan fingerprint density at radius 2 is 2.23 bits per heavy atom. The van der Waals surface area contributed by atoms with E-state index in [4.69, 9.17) is 0 Å². The number of aromatic amines is 1. The molecule has 0 atom stereocenters. The third-order valence-electron chi connectivity index (χ3n) is 1.85. The molecule has 2 aromatic heterocycles. The van der Waals surface area contributed by atoms with Crippen molar-refractivity contribution in [2.45, 2.75) is 13.8 Å². The Hall–Kier alpha value is -1.10. The molecule has 0 bridgehead atoms. The Morgan fingerprint density at radius 3 is 2.92 bits per heavy atom. The molecule has 0 aliphatic heterocycles. The topological polar surface area (TPSA) is 50.2 Å². The van der Waals surface area contributed by atoms with E-state index in [2.05, 4.69) is 26.0 Å². The molecule has 68 valence electrons. The fourth-order valence-electron chi connectivity index (χ4n) is 1.24. The van der Waals surface area contributed by atoms with Crippen molar-refractivity contribution >= 4 is 21.6 Å². The maximum absolute atomic E-state index is 11.6. The normalized spacial score (nSPS) is 11.0. The Labute approximate surface area is 82.7 Å². The maximum Gasteiger partial charge on any atom is 0.287 e. The molecule has 2 heterocycles. The van der Waals surface area contributed by atoms with Gasteiger partial charge in [-0.15, -0.1) is 0 Å². The van der Waals surface area contributed by atoms with Gasteiger partial charge in [-0.05, 0) is 29.8 Å². The Bertz CT molecular complexity index is 526. The molecule has 2 aromatic rings. The molecule has 0 amide bonds. The van der Waals surface area contributed by atoms with Crippen LogP contribution in [0, 0.1) is 13.8 Å². The lowest BCUT2D eigenvalue weighted by molar-refractivity contribution is 0.865. The second-order valence-corrected chi connectivity index (χ2v) is 3.74. The van der Waals surface area contributed by atoms with E-state index in [-0.39, 0.29) is 5.56 Å². The van der Waals surface area contributed by atoms with Crippen molar-refractivity contribution in [1.29, 1.82) is 0 Å². The van der Waals surface area contributed by atoms with Gasteiger partial charge in [-0.2, -0.15) is 0 Å². The summed E-state index contributed by atoms with van der Waals surface area (Å²) < 4.78 is 1.93. The van der Waals surface area contributed by atoms with Gasteiger partial charge in [0, 0.05) is 11.8 Å². The van der Waals surface area contributed by atoms with E-state index in [0.29, 0.717) is 15.8 Å². The predicted octanol–water partition coefficient (Wildman–Crippen LogP) is 1.40. The van der Waals surface area contributed by atoms with Gasteiger partial charge in [0.25, 0.3) is 5.56 Å². The predicted molar refractivity (Wildman–Crippen MR) is 53.0 cm³/mol. The largest absolute Gasteiger partial charge is 0.294 e. The van der Waals surface area contributed by atoms with Gasteiger partial charge < -0.3 is 0 Å². The van der Waals surface area contributed by atoms with Crippen molar-refractivity contribution in [2.75, 3.05) is 0 Å². The zero-order valence-electron chi connectivity index (χ0n) is 7.26. The molecule has 0 saturated heterocycles. The first-order valence-electron chi connectivity index (χ1n) is 3.84. The molecule has 0 aliphatic rings. The first-order valence-corrected chi connectivity index (χ1v) is 4.63. The van der Waals surface area contributed by atoms with Crippen LogP contribution in [0.25, 0.3) is 5.65 Å². The molecule has 2 rings (SSSR count). The highest BCUT2D eigenvalue weighted by atomic mass is 79.9. The molecular formula is C8H8BrN3O. The molecule has 0 unspecified atom stereocenters. The second-order valence-electron chi connectivity index (χ2n) is 2.95. The number of nitrogens with one attached hydrogen (secondary N) is 1. The van der Waals surface area contributed by atoms with Gasteiger partial charge >= 0.3 is 0 Å². The smallest absolute Gasteiger partial charge is 0.287 e. The fourth-order valence-corrected chi connectivity index (χ4v) is 1.50. The molecular weight excluding hydrogens is 234 g/mol. The summed E-state index contributed by atoms with van der Waals surface area (Å²) in [4.78, 5) is 15.8. The lowest BCUT2D eigenvalue weighted by atomic mass is 10.4. The third-order valence-corrected chi connectivity index (χ3v) is 2.77. The number of fused-ring (bicyclic) bond motifs is 1. The minimum absolute atomic E-state index is 0.101. The van der Waals surface area contributed by atoms with E-state index in [0.717, 1.165) is 5.69 Å². The first kappa shape index (κ1) is 8.50. The third kappa shape index (κ3) is 1.19. The van der Waals surface area contributed by atoms with Crippen LogP contribution in [-0.4, -0.2) is 14.6 Å². The van der Waals surface area contributed by atoms with E-state index in [1.807, 2.05) is 13.0 Å². The van der Waals surface area contributed by atoms with Crippen LogP contribution in [0.5, 0.6) is 0 Å². The van der Waals surface area contributed by atoms with Crippen molar-refractivity contribution in [2.24, 2.45) is 0 Å². The summed E-state index contributed by atoms with van der Waals surface area (Å²) in [7, 11) is 0. The van der Waals surface area contributed by atoms with Crippen LogP contribution in [0.3, 0.4) is 0 Å². The van der Waals surface area contributed by atoms with Crippen molar-refractivity contribution in [1.82, 2.24) is 14.6 Å². The van der Waals surface area contributed by atoms with Crippen molar-refractivity contribution in [3.8, 4) is 0 Å². The molecule has 1 N–H and O–H groups in total. The van der Waals surface area contributed by atoms with Crippen LogP contribution in [0.2, 0.25) is 0 Å². The Morgan fingerprint density at radius 1 is 1.54 bits per heavy atom. The summed E-state index contributed by atoms with van der Waals surface area (Å²) in [6, 6.07) is 1.83. The fraction of sp³-hybridized carbons (Fsp3) is 0.250. The highest BCUT2D eigenvalue weighted by Gasteiger charge is 2.07. The summed E-state index contributed by atoms with van der Waals surface area (Å²) in [5.41, 5.74) is 2.19. The van der Waals surface area contributed by atoms with Gasteiger partial charge in [0.05, 0.1) is 5.69 Å². The monoisotopic (exact) mass is 241 g/mol. The van der Waals surface area contributed by atoms with Gasteiger partial charge in [0.1, 0.15) is 4.47 Å². The number of nitrogens with zero attached hydrogens (tertiary/aromatic N) is 2. The molecule has 5 heteroatoms. The summed E-state index contributed by atoms with van der Waals surface area (Å²) >= 11 is 3.19. The van der Waals surface area contributed by atoms with Crippen LogP contribution >= 0.6 is 15.9 Å². The number of aryl methyl sites for hydroxylation is 2. The van der Waals surface area contributed by atoms with Gasteiger partial charge in [0.15, 0.2) is 5.65 Å². The lowest BCUT2D eigenvalue weighted by Gasteiger charge is -1.96. The van der Waals surface area contributed by atoms with Crippen molar-refractivity contribution in [3.63, 3.8) is 0 Å². The van der Waals surface area contributed by atoms with Gasteiger partial charge in [0.2, 0.25) is 0 Å². The highest BCUT2D eigenvalue weighted by Crippen LogP contribution is 2.09. The number of hydrogen-bond donors (Lipinski definition) is 1. The minimum atomic E-state index is -0.101. The number of hydrogen-bond acceptors (Lipinski definition) is 2. The minimum Gasteiger partial charge on any atom is -0.294 e. The van der Waals surface area contributed by atoms with E-state index in [9.17, 15) is 4.79 Å². The highest BCUT2D eigenvalue weighted by molar-refractivity contribution is 9.10. The molecule has 0 aliphatic carbocycles. The van der Waals surface area contributed by atoms with Gasteiger partial charge in [-0.1, -0.05) is 0 Å². The summed E-state index contributed by atoms with van der Waals surface area (Å²) in [6.45, 7) is 3.69. The van der Waals surface area contributed by atoms with Crippen LogP contribution in [0.15, 0.2) is 15.3 Å². The molecule has 13 heavy (non-hydrogen) atoms.